The second-order valence-corrected chi connectivity index (χ2v) is 5.28. The number of nitrogens with zero attached hydrogens (tertiary/aromatic N) is 2. The third-order valence-electron chi connectivity index (χ3n) is 3.85. The first kappa shape index (κ1) is 15.5. The molecule has 2 atom stereocenters. The number of likely N-dealkylation sites (N-methyl/N-ethyl adjacent to an activating group) is 1. The highest BCUT2D eigenvalue weighted by Crippen LogP contribution is 2.21. The fraction of sp³-hybridized carbons (Fsp3) is 0.353. The molecule has 21 heavy (non-hydrogen) atoms. The van der Waals surface area contributed by atoms with Gasteiger partial charge in [-0.1, -0.05) is 18.2 Å². The summed E-state index contributed by atoms with van der Waals surface area (Å²) in [5, 5.41) is 0. The average Bonchev–Trinajstić information content (AvgIpc) is 2.54. The average molecular weight is 285 g/mol. The van der Waals surface area contributed by atoms with E-state index >= 15 is 0 Å². The minimum Gasteiger partial charge on any atom is -0.497 e. The lowest BCUT2D eigenvalue weighted by Crippen LogP contribution is -2.38. The zero-order valence-electron chi connectivity index (χ0n) is 12.9. The van der Waals surface area contributed by atoms with Gasteiger partial charge in [0.25, 0.3) is 0 Å². The Balaban J connectivity index is 2.01. The van der Waals surface area contributed by atoms with Gasteiger partial charge in [-0.2, -0.15) is 0 Å². The molecule has 2 aromatic rings. The highest BCUT2D eigenvalue weighted by atomic mass is 16.5. The Morgan fingerprint density at radius 3 is 2.48 bits per heavy atom. The van der Waals surface area contributed by atoms with Crippen molar-refractivity contribution in [3.05, 3.63) is 59.9 Å². The summed E-state index contributed by atoms with van der Waals surface area (Å²) in [6, 6.07) is 14.1. The van der Waals surface area contributed by atoms with Crippen molar-refractivity contribution < 1.29 is 4.74 Å². The summed E-state index contributed by atoms with van der Waals surface area (Å²) < 4.78 is 5.18. The number of aromatic nitrogens is 1. The van der Waals surface area contributed by atoms with E-state index in [1.165, 1.54) is 0 Å². The predicted molar refractivity (Wildman–Crippen MR) is 85.1 cm³/mol. The minimum atomic E-state index is -0.0513. The van der Waals surface area contributed by atoms with Gasteiger partial charge < -0.3 is 10.5 Å². The van der Waals surface area contributed by atoms with E-state index in [4.69, 9.17) is 10.5 Å². The van der Waals surface area contributed by atoms with Crippen LogP contribution in [0, 0.1) is 0 Å². The molecule has 1 aromatic carbocycles. The Morgan fingerprint density at radius 2 is 1.90 bits per heavy atom. The molecule has 0 aliphatic carbocycles. The van der Waals surface area contributed by atoms with Crippen LogP contribution < -0.4 is 10.5 Å². The molecule has 0 radical (unpaired) electrons. The van der Waals surface area contributed by atoms with Crippen LogP contribution in [0.25, 0.3) is 0 Å². The molecule has 1 aromatic heterocycles. The zero-order valence-corrected chi connectivity index (χ0v) is 12.9. The summed E-state index contributed by atoms with van der Waals surface area (Å²) in [7, 11) is 3.74. The number of hydrogen-bond donors (Lipinski definition) is 1. The Bertz CT molecular complexity index is 542. The molecule has 0 saturated heterocycles. The van der Waals surface area contributed by atoms with E-state index in [1.807, 2.05) is 48.7 Å². The number of ether oxygens (including phenoxy) is 1. The smallest absolute Gasteiger partial charge is 0.118 e. The quantitative estimate of drug-likeness (QED) is 0.886. The molecule has 0 bridgehead atoms. The molecule has 0 fully saturated rings. The molecule has 1 heterocycles. The van der Waals surface area contributed by atoms with Gasteiger partial charge in [-0.3, -0.25) is 9.88 Å². The summed E-state index contributed by atoms with van der Waals surface area (Å²) in [6.07, 6.45) is 1.82. The molecular weight excluding hydrogens is 262 g/mol. The van der Waals surface area contributed by atoms with Crippen LogP contribution in [-0.4, -0.2) is 30.1 Å². The summed E-state index contributed by atoms with van der Waals surface area (Å²) in [6.45, 7) is 2.92. The maximum Gasteiger partial charge on any atom is 0.118 e. The molecule has 4 nitrogen and oxygen atoms in total. The molecule has 0 spiro atoms. The molecule has 0 aliphatic rings. The van der Waals surface area contributed by atoms with E-state index in [2.05, 4.69) is 23.9 Å². The maximum atomic E-state index is 6.38. The second kappa shape index (κ2) is 7.20. The van der Waals surface area contributed by atoms with Gasteiger partial charge in [0.1, 0.15) is 5.75 Å². The van der Waals surface area contributed by atoms with Crippen molar-refractivity contribution in [1.29, 1.82) is 0 Å². The molecule has 0 saturated carbocycles. The van der Waals surface area contributed by atoms with Gasteiger partial charge in [-0.15, -0.1) is 0 Å². The second-order valence-electron chi connectivity index (χ2n) is 5.28. The summed E-state index contributed by atoms with van der Waals surface area (Å²) in [5.74, 6) is 0.848. The van der Waals surface area contributed by atoms with Crippen molar-refractivity contribution >= 4 is 0 Å². The van der Waals surface area contributed by atoms with E-state index in [0.717, 1.165) is 23.6 Å². The van der Waals surface area contributed by atoms with Crippen LogP contribution in [0.4, 0.5) is 0 Å². The first-order valence-electron chi connectivity index (χ1n) is 7.11. The van der Waals surface area contributed by atoms with Gasteiger partial charge >= 0.3 is 0 Å². The molecule has 2 unspecified atom stereocenters. The van der Waals surface area contributed by atoms with E-state index < -0.39 is 0 Å². The van der Waals surface area contributed by atoms with E-state index in [-0.39, 0.29) is 12.1 Å². The van der Waals surface area contributed by atoms with Crippen LogP contribution in [0.3, 0.4) is 0 Å². The van der Waals surface area contributed by atoms with E-state index in [1.54, 1.807) is 7.11 Å². The first-order valence-corrected chi connectivity index (χ1v) is 7.11. The fourth-order valence-electron chi connectivity index (χ4n) is 2.27. The van der Waals surface area contributed by atoms with Crippen LogP contribution in [0.5, 0.6) is 5.75 Å². The molecule has 112 valence electrons. The monoisotopic (exact) mass is 285 g/mol. The van der Waals surface area contributed by atoms with Crippen molar-refractivity contribution in [1.82, 2.24) is 9.88 Å². The van der Waals surface area contributed by atoms with Crippen molar-refractivity contribution in [2.24, 2.45) is 5.73 Å². The molecule has 0 amide bonds. The van der Waals surface area contributed by atoms with Gasteiger partial charge in [-0.05, 0) is 43.8 Å². The zero-order chi connectivity index (χ0) is 15.2. The lowest BCUT2D eigenvalue weighted by Gasteiger charge is -2.29. The number of methoxy groups -OCH3 is 1. The third-order valence-corrected chi connectivity index (χ3v) is 3.85. The van der Waals surface area contributed by atoms with E-state index in [9.17, 15) is 0 Å². The standard InChI is InChI=1S/C17H23N3O/c1-13(20(2)12-15-6-4-5-11-19-15)17(18)14-7-9-16(21-3)10-8-14/h4-11,13,17H,12,18H2,1-3H3. The summed E-state index contributed by atoms with van der Waals surface area (Å²) in [5.41, 5.74) is 8.54. The van der Waals surface area contributed by atoms with Crippen molar-refractivity contribution in [2.45, 2.75) is 25.6 Å². The van der Waals surface area contributed by atoms with Gasteiger partial charge in [0, 0.05) is 24.8 Å². The van der Waals surface area contributed by atoms with E-state index in [0.29, 0.717) is 0 Å². The Labute approximate surface area is 126 Å². The Hall–Kier alpha value is -1.91. The number of hydrogen-bond acceptors (Lipinski definition) is 4. The number of nitrogens with two attached hydrogens (primary N) is 1. The van der Waals surface area contributed by atoms with Crippen LogP contribution in [0.2, 0.25) is 0 Å². The lowest BCUT2D eigenvalue weighted by molar-refractivity contribution is 0.217. The van der Waals surface area contributed by atoms with Crippen molar-refractivity contribution in [2.75, 3.05) is 14.2 Å². The topological polar surface area (TPSA) is 51.4 Å². The van der Waals surface area contributed by atoms with Gasteiger partial charge in [0.05, 0.1) is 12.8 Å². The number of pyridine rings is 1. The Morgan fingerprint density at radius 1 is 1.19 bits per heavy atom. The lowest BCUT2D eigenvalue weighted by atomic mass is 10.00. The highest BCUT2D eigenvalue weighted by Gasteiger charge is 2.19. The fourth-order valence-corrected chi connectivity index (χ4v) is 2.27. The molecular formula is C17H23N3O. The molecule has 0 aliphatic heterocycles. The molecule has 2 rings (SSSR count). The Kier molecular flexibility index (Phi) is 5.31. The summed E-state index contributed by atoms with van der Waals surface area (Å²) >= 11 is 0. The molecule has 4 heteroatoms. The predicted octanol–water partition coefficient (Wildman–Crippen LogP) is 2.61. The largest absolute Gasteiger partial charge is 0.497 e. The minimum absolute atomic E-state index is 0.0513. The SMILES string of the molecule is COc1ccc(C(N)C(C)N(C)Cc2ccccn2)cc1. The highest BCUT2D eigenvalue weighted by molar-refractivity contribution is 5.29. The third kappa shape index (κ3) is 4.03. The van der Waals surface area contributed by atoms with Crippen LogP contribution in [0.15, 0.2) is 48.7 Å². The van der Waals surface area contributed by atoms with Gasteiger partial charge in [0.2, 0.25) is 0 Å². The summed E-state index contributed by atoms with van der Waals surface area (Å²) in [4.78, 5) is 6.58. The van der Waals surface area contributed by atoms with Gasteiger partial charge in [-0.25, -0.2) is 0 Å². The molecule has 2 N–H and O–H groups in total. The van der Waals surface area contributed by atoms with Crippen LogP contribution >= 0.6 is 0 Å². The number of rotatable bonds is 6. The van der Waals surface area contributed by atoms with Crippen molar-refractivity contribution in [3.63, 3.8) is 0 Å². The van der Waals surface area contributed by atoms with Gasteiger partial charge in [0.15, 0.2) is 0 Å². The normalized spacial score (nSPS) is 14.0. The first-order chi connectivity index (χ1) is 10.1. The maximum absolute atomic E-state index is 6.38. The van der Waals surface area contributed by atoms with Crippen molar-refractivity contribution in [3.8, 4) is 5.75 Å². The van der Waals surface area contributed by atoms with Crippen LogP contribution in [0.1, 0.15) is 24.2 Å². The van der Waals surface area contributed by atoms with Crippen LogP contribution in [-0.2, 0) is 6.54 Å². The number of benzene rings is 1.